The van der Waals surface area contributed by atoms with E-state index < -0.39 is 17.6 Å². The molecule has 0 atom stereocenters. The van der Waals surface area contributed by atoms with Crippen molar-refractivity contribution in [1.82, 2.24) is 5.32 Å². The van der Waals surface area contributed by atoms with Crippen molar-refractivity contribution in [3.8, 4) is 11.5 Å². The van der Waals surface area contributed by atoms with Crippen LogP contribution in [0.25, 0.3) is 0 Å². The Kier molecular flexibility index (Phi) is 7.26. The summed E-state index contributed by atoms with van der Waals surface area (Å²) in [6, 6.07) is 14.4. The molecule has 0 aliphatic carbocycles. The summed E-state index contributed by atoms with van der Waals surface area (Å²) in [5.41, 5.74) is 6.11. The molecule has 0 fully saturated rings. The van der Waals surface area contributed by atoms with Crippen LogP contribution in [0.5, 0.6) is 11.5 Å². The van der Waals surface area contributed by atoms with E-state index in [1.165, 1.54) is 6.07 Å². The molecule has 0 bridgehead atoms. The lowest BCUT2D eigenvalue weighted by Gasteiger charge is -2.19. The molecule has 7 heteroatoms. The van der Waals surface area contributed by atoms with Gasteiger partial charge >= 0.3 is 6.09 Å². The van der Waals surface area contributed by atoms with Gasteiger partial charge in [0.2, 0.25) is 0 Å². The fourth-order valence-corrected chi connectivity index (χ4v) is 2.29. The average Bonchev–Trinajstić information content (AvgIpc) is 2.63. The molecule has 7 nitrogen and oxygen atoms in total. The summed E-state index contributed by atoms with van der Waals surface area (Å²) in [5.74, 6) is 0.225. The van der Waals surface area contributed by atoms with Crippen LogP contribution < -0.4 is 20.5 Å². The Morgan fingerprint density at radius 1 is 1.04 bits per heavy atom. The number of primary amides is 1. The zero-order valence-corrected chi connectivity index (χ0v) is 16.4. The van der Waals surface area contributed by atoms with Crippen LogP contribution in [0, 0.1) is 0 Å². The van der Waals surface area contributed by atoms with Crippen LogP contribution in [0.4, 0.5) is 4.79 Å². The molecule has 0 spiro atoms. The van der Waals surface area contributed by atoms with Gasteiger partial charge in [-0.1, -0.05) is 30.3 Å². The van der Waals surface area contributed by atoms with Crippen LogP contribution in [-0.2, 0) is 11.3 Å². The molecule has 3 N–H and O–H groups in total. The highest BCUT2D eigenvalue weighted by Crippen LogP contribution is 2.25. The van der Waals surface area contributed by atoms with Crippen molar-refractivity contribution in [3.63, 3.8) is 0 Å². The zero-order chi connectivity index (χ0) is 20.6. The van der Waals surface area contributed by atoms with Gasteiger partial charge in [-0.2, -0.15) is 0 Å². The Bertz CT molecular complexity index is 800. The highest BCUT2D eigenvalue weighted by Gasteiger charge is 2.16. The maximum atomic E-state index is 11.8. The minimum absolute atomic E-state index is 0.210. The first kappa shape index (κ1) is 21.1. The van der Waals surface area contributed by atoms with Crippen LogP contribution in [0.15, 0.2) is 48.5 Å². The summed E-state index contributed by atoms with van der Waals surface area (Å²) >= 11 is 0. The summed E-state index contributed by atoms with van der Waals surface area (Å²) in [5, 5.41) is 2.59. The Morgan fingerprint density at radius 3 is 2.39 bits per heavy atom. The second-order valence-electron chi connectivity index (χ2n) is 7.07. The SMILES string of the molecule is CC(C)(C)OC(=O)NCCOc1ccc(OCc2ccccc2)c(C(N)=O)c1. The van der Waals surface area contributed by atoms with Crippen molar-refractivity contribution in [2.75, 3.05) is 13.2 Å². The summed E-state index contributed by atoms with van der Waals surface area (Å²) in [4.78, 5) is 23.3. The number of ether oxygens (including phenoxy) is 3. The van der Waals surface area contributed by atoms with Gasteiger partial charge in [-0.3, -0.25) is 4.79 Å². The van der Waals surface area contributed by atoms with Gasteiger partial charge in [0.25, 0.3) is 5.91 Å². The lowest BCUT2D eigenvalue weighted by Crippen LogP contribution is -2.34. The van der Waals surface area contributed by atoms with E-state index in [1.807, 2.05) is 30.3 Å². The number of amides is 2. The summed E-state index contributed by atoms with van der Waals surface area (Å²) in [6.45, 7) is 6.15. The molecule has 0 aliphatic rings. The van der Waals surface area contributed by atoms with Crippen molar-refractivity contribution >= 4 is 12.0 Å². The van der Waals surface area contributed by atoms with Crippen molar-refractivity contribution in [2.45, 2.75) is 33.0 Å². The second kappa shape index (κ2) is 9.64. The zero-order valence-electron chi connectivity index (χ0n) is 16.4. The number of alkyl carbamates (subject to hydrolysis) is 1. The van der Waals surface area contributed by atoms with E-state index in [-0.39, 0.29) is 18.7 Å². The lowest BCUT2D eigenvalue weighted by molar-refractivity contribution is 0.0520. The van der Waals surface area contributed by atoms with E-state index in [9.17, 15) is 9.59 Å². The predicted octanol–water partition coefficient (Wildman–Crippen LogP) is 3.27. The molecule has 0 unspecified atom stereocenters. The molecule has 28 heavy (non-hydrogen) atoms. The molecule has 2 aromatic carbocycles. The van der Waals surface area contributed by atoms with E-state index in [0.717, 1.165) is 5.56 Å². The van der Waals surface area contributed by atoms with Crippen LogP contribution in [-0.4, -0.2) is 30.8 Å². The standard InChI is InChI=1S/C21H26N2O5/c1-21(2,3)28-20(25)23-11-12-26-16-9-10-18(17(13-16)19(22)24)27-14-15-7-5-4-6-8-15/h4-10,13H,11-12,14H2,1-3H3,(H2,22,24)(H,23,25). The monoisotopic (exact) mass is 386 g/mol. The minimum Gasteiger partial charge on any atom is -0.492 e. The van der Waals surface area contributed by atoms with Crippen molar-refractivity contribution in [1.29, 1.82) is 0 Å². The summed E-state index contributed by atoms with van der Waals surface area (Å²) < 4.78 is 16.4. The number of rotatable bonds is 8. The minimum atomic E-state index is -0.611. The number of nitrogens with one attached hydrogen (secondary N) is 1. The predicted molar refractivity (Wildman–Crippen MR) is 105 cm³/mol. The Morgan fingerprint density at radius 2 is 1.75 bits per heavy atom. The average molecular weight is 386 g/mol. The largest absolute Gasteiger partial charge is 0.492 e. The summed E-state index contributed by atoms with van der Waals surface area (Å²) in [7, 11) is 0. The molecule has 0 saturated carbocycles. The molecular formula is C21H26N2O5. The molecule has 150 valence electrons. The quantitative estimate of drug-likeness (QED) is 0.678. The molecule has 0 aromatic heterocycles. The first-order chi connectivity index (χ1) is 13.2. The van der Waals surface area contributed by atoms with E-state index in [1.54, 1.807) is 32.9 Å². The van der Waals surface area contributed by atoms with Gasteiger partial charge in [-0.25, -0.2) is 4.79 Å². The van der Waals surface area contributed by atoms with Gasteiger partial charge in [-0.05, 0) is 44.5 Å². The summed E-state index contributed by atoms with van der Waals surface area (Å²) in [6.07, 6.45) is -0.515. The maximum Gasteiger partial charge on any atom is 0.407 e. The maximum absolute atomic E-state index is 11.8. The number of nitrogens with two attached hydrogens (primary N) is 1. The van der Waals surface area contributed by atoms with Crippen LogP contribution in [0.2, 0.25) is 0 Å². The highest BCUT2D eigenvalue weighted by molar-refractivity contribution is 5.96. The first-order valence-electron chi connectivity index (χ1n) is 8.95. The molecule has 0 radical (unpaired) electrons. The van der Waals surface area contributed by atoms with Gasteiger partial charge in [0.05, 0.1) is 12.1 Å². The number of carbonyl (C=O) groups is 2. The third kappa shape index (κ3) is 7.19. The third-order valence-corrected chi connectivity index (χ3v) is 3.49. The van der Waals surface area contributed by atoms with E-state index in [2.05, 4.69) is 5.32 Å². The Balaban J connectivity index is 1.89. The van der Waals surface area contributed by atoms with E-state index in [4.69, 9.17) is 19.9 Å². The smallest absolute Gasteiger partial charge is 0.407 e. The highest BCUT2D eigenvalue weighted by atomic mass is 16.6. The van der Waals surface area contributed by atoms with E-state index >= 15 is 0 Å². The first-order valence-corrected chi connectivity index (χ1v) is 8.95. The van der Waals surface area contributed by atoms with Crippen LogP contribution >= 0.6 is 0 Å². The van der Waals surface area contributed by atoms with Gasteiger partial charge in [-0.15, -0.1) is 0 Å². The second-order valence-corrected chi connectivity index (χ2v) is 7.07. The number of hydrogen-bond acceptors (Lipinski definition) is 5. The Hall–Kier alpha value is -3.22. The van der Waals surface area contributed by atoms with Crippen LogP contribution in [0.3, 0.4) is 0 Å². The normalized spacial score (nSPS) is 10.8. The molecule has 2 rings (SSSR count). The van der Waals surface area contributed by atoms with Crippen molar-refractivity contribution in [2.24, 2.45) is 5.73 Å². The molecular weight excluding hydrogens is 360 g/mol. The fraction of sp³-hybridized carbons (Fsp3) is 0.333. The number of carbonyl (C=O) groups excluding carboxylic acids is 2. The number of hydrogen-bond donors (Lipinski definition) is 2. The van der Waals surface area contributed by atoms with Crippen molar-refractivity contribution in [3.05, 3.63) is 59.7 Å². The van der Waals surface area contributed by atoms with Gasteiger partial charge < -0.3 is 25.3 Å². The fourth-order valence-electron chi connectivity index (χ4n) is 2.29. The van der Waals surface area contributed by atoms with Gasteiger partial charge in [0, 0.05) is 0 Å². The third-order valence-electron chi connectivity index (χ3n) is 3.49. The lowest BCUT2D eigenvalue weighted by atomic mass is 10.1. The number of benzene rings is 2. The Labute approximate surface area is 164 Å². The topological polar surface area (TPSA) is 99.9 Å². The molecule has 0 heterocycles. The van der Waals surface area contributed by atoms with Gasteiger partial charge in [0.15, 0.2) is 0 Å². The van der Waals surface area contributed by atoms with Crippen molar-refractivity contribution < 1.29 is 23.8 Å². The molecule has 0 aliphatic heterocycles. The van der Waals surface area contributed by atoms with Gasteiger partial charge in [0.1, 0.15) is 30.3 Å². The molecule has 0 saturated heterocycles. The molecule has 2 aromatic rings. The van der Waals surface area contributed by atoms with E-state index in [0.29, 0.717) is 18.1 Å². The van der Waals surface area contributed by atoms with Crippen LogP contribution in [0.1, 0.15) is 36.7 Å². The molecule has 2 amide bonds.